The highest BCUT2D eigenvalue weighted by molar-refractivity contribution is 5.15. The van der Waals surface area contributed by atoms with Crippen LogP contribution >= 0.6 is 0 Å². The smallest absolute Gasteiger partial charge is 0.123 e. The fourth-order valence-electron chi connectivity index (χ4n) is 1.66. The zero-order valence-electron chi connectivity index (χ0n) is 9.67. The van der Waals surface area contributed by atoms with Crippen LogP contribution in [0, 0.1) is 5.82 Å². The zero-order chi connectivity index (χ0) is 11.1. The first-order valence-corrected chi connectivity index (χ1v) is 5.65. The van der Waals surface area contributed by atoms with Crippen LogP contribution in [-0.4, -0.2) is 18.5 Å². The predicted octanol–water partition coefficient (Wildman–Crippen LogP) is 3.45. The Hall–Kier alpha value is -0.890. The van der Waals surface area contributed by atoms with Crippen molar-refractivity contribution < 1.29 is 4.39 Å². The second-order valence-corrected chi connectivity index (χ2v) is 4.07. The highest BCUT2D eigenvalue weighted by Crippen LogP contribution is 2.07. The molecule has 0 saturated heterocycles. The minimum Gasteiger partial charge on any atom is -0.302 e. The summed E-state index contributed by atoms with van der Waals surface area (Å²) in [5, 5.41) is 0. The Labute approximate surface area is 91.9 Å². The summed E-state index contributed by atoms with van der Waals surface area (Å²) >= 11 is 0. The fourth-order valence-corrected chi connectivity index (χ4v) is 1.66. The van der Waals surface area contributed by atoms with Gasteiger partial charge in [0.25, 0.3) is 0 Å². The summed E-state index contributed by atoms with van der Waals surface area (Å²) in [6, 6.07) is 6.83. The van der Waals surface area contributed by atoms with Crippen molar-refractivity contribution >= 4 is 0 Å². The molecule has 1 aromatic carbocycles. The van der Waals surface area contributed by atoms with E-state index in [-0.39, 0.29) is 5.82 Å². The summed E-state index contributed by atoms with van der Waals surface area (Å²) in [5.74, 6) is -0.144. The van der Waals surface area contributed by atoms with Gasteiger partial charge in [0, 0.05) is 6.54 Å². The van der Waals surface area contributed by atoms with Gasteiger partial charge in [-0.05, 0) is 37.7 Å². The third kappa shape index (κ3) is 4.93. The van der Waals surface area contributed by atoms with Crippen molar-refractivity contribution in [1.29, 1.82) is 0 Å². The summed E-state index contributed by atoms with van der Waals surface area (Å²) in [5.41, 5.74) is 1.05. The van der Waals surface area contributed by atoms with Gasteiger partial charge in [-0.2, -0.15) is 0 Å². The number of halogens is 1. The van der Waals surface area contributed by atoms with Gasteiger partial charge < -0.3 is 4.90 Å². The van der Waals surface area contributed by atoms with Gasteiger partial charge in [-0.15, -0.1) is 0 Å². The number of hydrogen-bond donors (Lipinski definition) is 0. The van der Waals surface area contributed by atoms with Crippen molar-refractivity contribution in [2.24, 2.45) is 0 Å². The first-order chi connectivity index (χ1) is 7.22. The molecule has 0 aliphatic heterocycles. The molecular weight excluding hydrogens is 189 g/mol. The lowest BCUT2D eigenvalue weighted by Gasteiger charge is -2.16. The molecule has 0 saturated carbocycles. The zero-order valence-corrected chi connectivity index (χ0v) is 9.67. The Morgan fingerprint density at radius 2 is 2.07 bits per heavy atom. The van der Waals surface area contributed by atoms with E-state index in [1.165, 1.54) is 25.3 Å². The molecule has 15 heavy (non-hydrogen) atoms. The average Bonchev–Trinajstić information content (AvgIpc) is 2.18. The van der Waals surface area contributed by atoms with Crippen LogP contribution in [0.4, 0.5) is 4.39 Å². The van der Waals surface area contributed by atoms with E-state index in [0.717, 1.165) is 18.7 Å². The van der Waals surface area contributed by atoms with Crippen LogP contribution in [0.1, 0.15) is 31.7 Å². The number of nitrogens with zero attached hydrogens (tertiary/aromatic N) is 1. The first kappa shape index (κ1) is 12.2. The second kappa shape index (κ2) is 6.57. The van der Waals surface area contributed by atoms with E-state index < -0.39 is 0 Å². The third-order valence-corrected chi connectivity index (χ3v) is 2.48. The monoisotopic (exact) mass is 209 g/mol. The average molecular weight is 209 g/mol. The topological polar surface area (TPSA) is 3.24 Å². The van der Waals surface area contributed by atoms with Gasteiger partial charge in [-0.3, -0.25) is 0 Å². The Balaban J connectivity index is 2.34. The first-order valence-electron chi connectivity index (χ1n) is 5.65. The molecule has 2 heteroatoms. The Kier molecular flexibility index (Phi) is 5.33. The Morgan fingerprint density at radius 3 is 2.73 bits per heavy atom. The summed E-state index contributed by atoms with van der Waals surface area (Å²) in [7, 11) is 2.08. The van der Waals surface area contributed by atoms with Gasteiger partial charge in [-0.25, -0.2) is 4.39 Å². The van der Waals surface area contributed by atoms with Crippen molar-refractivity contribution in [3.63, 3.8) is 0 Å². The molecule has 0 aromatic heterocycles. The lowest BCUT2D eigenvalue weighted by molar-refractivity contribution is 0.317. The third-order valence-electron chi connectivity index (χ3n) is 2.48. The molecule has 0 radical (unpaired) electrons. The molecule has 0 aliphatic rings. The van der Waals surface area contributed by atoms with Crippen LogP contribution in [-0.2, 0) is 6.54 Å². The molecule has 1 nitrogen and oxygen atoms in total. The molecule has 0 spiro atoms. The maximum Gasteiger partial charge on any atom is 0.123 e. The van der Waals surface area contributed by atoms with Gasteiger partial charge >= 0.3 is 0 Å². The Morgan fingerprint density at radius 1 is 1.27 bits per heavy atom. The van der Waals surface area contributed by atoms with Gasteiger partial charge in [0.1, 0.15) is 5.82 Å². The number of unbranched alkanes of at least 4 members (excludes halogenated alkanes) is 2. The van der Waals surface area contributed by atoms with Gasteiger partial charge in [0.15, 0.2) is 0 Å². The van der Waals surface area contributed by atoms with Gasteiger partial charge in [0.2, 0.25) is 0 Å². The molecule has 0 amide bonds. The van der Waals surface area contributed by atoms with Crippen molar-refractivity contribution in [3.05, 3.63) is 35.6 Å². The standard InChI is InChI=1S/C13H20FN/c1-3-4-5-9-15(2)11-12-7-6-8-13(14)10-12/h6-8,10H,3-5,9,11H2,1-2H3. The molecule has 0 aliphatic carbocycles. The van der Waals surface area contributed by atoms with E-state index in [4.69, 9.17) is 0 Å². The minimum atomic E-state index is -0.144. The van der Waals surface area contributed by atoms with Crippen molar-refractivity contribution in [3.8, 4) is 0 Å². The molecular formula is C13H20FN. The maximum absolute atomic E-state index is 12.9. The molecule has 1 aromatic rings. The van der Waals surface area contributed by atoms with E-state index in [2.05, 4.69) is 18.9 Å². The molecule has 0 unspecified atom stereocenters. The molecule has 1 rings (SSSR count). The van der Waals surface area contributed by atoms with E-state index in [1.54, 1.807) is 12.1 Å². The predicted molar refractivity (Wildman–Crippen MR) is 62.3 cm³/mol. The van der Waals surface area contributed by atoms with Crippen LogP contribution < -0.4 is 0 Å². The largest absolute Gasteiger partial charge is 0.302 e. The number of benzene rings is 1. The molecule has 0 bridgehead atoms. The Bertz CT molecular complexity index is 286. The second-order valence-electron chi connectivity index (χ2n) is 4.07. The van der Waals surface area contributed by atoms with Gasteiger partial charge in [-0.1, -0.05) is 31.9 Å². The van der Waals surface area contributed by atoms with Crippen LogP contribution in [0.5, 0.6) is 0 Å². The van der Waals surface area contributed by atoms with Gasteiger partial charge in [0.05, 0.1) is 0 Å². The highest BCUT2D eigenvalue weighted by Gasteiger charge is 2.00. The highest BCUT2D eigenvalue weighted by atomic mass is 19.1. The number of hydrogen-bond acceptors (Lipinski definition) is 1. The normalized spacial score (nSPS) is 10.9. The molecule has 84 valence electrons. The van der Waals surface area contributed by atoms with Crippen molar-refractivity contribution in [2.45, 2.75) is 32.7 Å². The number of rotatable bonds is 6. The lowest BCUT2D eigenvalue weighted by Crippen LogP contribution is -2.19. The van der Waals surface area contributed by atoms with Crippen LogP contribution in [0.3, 0.4) is 0 Å². The lowest BCUT2D eigenvalue weighted by atomic mass is 10.2. The van der Waals surface area contributed by atoms with Crippen LogP contribution in [0.25, 0.3) is 0 Å². The SMILES string of the molecule is CCCCCN(C)Cc1cccc(F)c1. The van der Waals surface area contributed by atoms with Crippen LogP contribution in [0.2, 0.25) is 0 Å². The van der Waals surface area contributed by atoms with E-state index in [9.17, 15) is 4.39 Å². The maximum atomic E-state index is 12.9. The molecule has 0 heterocycles. The molecule has 0 atom stereocenters. The van der Waals surface area contributed by atoms with Crippen LogP contribution in [0.15, 0.2) is 24.3 Å². The molecule has 0 N–H and O–H groups in total. The minimum absolute atomic E-state index is 0.144. The van der Waals surface area contributed by atoms with E-state index in [0.29, 0.717) is 0 Å². The molecule has 0 fully saturated rings. The summed E-state index contributed by atoms with van der Waals surface area (Å²) in [6.07, 6.45) is 3.74. The summed E-state index contributed by atoms with van der Waals surface area (Å²) in [6.45, 7) is 4.12. The van der Waals surface area contributed by atoms with E-state index in [1.807, 2.05) is 6.07 Å². The van der Waals surface area contributed by atoms with Crippen molar-refractivity contribution in [1.82, 2.24) is 4.90 Å². The van der Waals surface area contributed by atoms with Crippen molar-refractivity contribution in [2.75, 3.05) is 13.6 Å². The summed E-state index contributed by atoms with van der Waals surface area (Å²) < 4.78 is 12.9. The van der Waals surface area contributed by atoms with E-state index >= 15 is 0 Å². The fraction of sp³-hybridized carbons (Fsp3) is 0.538. The summed E-state index contributed by atoms with van der Waals surface area (Å²) in [4.78, 5) is 2.24. The quantitative estimate of drug-likeness (QED) is 0.649.